The number of pyridine rings is 2. The lowest BCUT2D eigenvalue weighted by atomic mass is 10.2. The number of hydrogen-bond donors (Lipinski definition) is 0. The molecule has 0 atom stereocenters. The number of anilines is 1. The van der Waals surface area contributed by atoms with Gasteiger partial charge in [-0.3, -0.25) is 4.40 Å². The van der Waals surface area contributed by atoms with E-state index in [2.05, 4.69) is 14.9 Å². The minimum absolute atomic E-state index is 0.239. The number of benzene rings is 1. The summed E-state index contributed by atoms with van der Waals surface area (Å²) in [6.45, 7) is 2.99. The number of aromatic nitrogens is 5. The predicted molar refractivity (Wildman–Crippen MR) is 137 cm³/mol. The molecule has 1 aliphatic heterocycles. The van der Waals surface area contributed by atoms with Crippen LogP contribution >= 0.6 is 0 Å². The number of ether oxygens (including phenoxy) is 3. The van der Waals surface area contributed by atoms with E-state index in [-0.39, 0.29) is 12.3 Å². The molecule has 4 aromatic heterocycles. The Labute approximate surface area is 212 Å². The number of carbonyl (C=O) groups is 1. The molecule has 6 rings (SSSR count). The van der Waals surface area contributed by atoms with Gasteiger partial charge in [-0.15, -0.1) is 0 Å². The number of hydrogen-bond acceptors (Lipinski definition) is 9. The van der Waals surface area contributed by atoms with Crippen LogP contribution in [0.25, 0.3) is 27.8 Å². The molecule has 10 heteroatoms. The van der Waals surface area contributed by atoms with Crippen LogP contribution in [-0.4, -0.2) is 63.7 Å². The molecule has 186 valence electrons. The molecule has 1 fully saturated rings. The van der Waals surface area contributed by atoms with Crippen molar-refractivity contribution < 1.29 is 19.0 Å². The molecule has 1 saturated heterocycles. The summed E-state index contributed by atoms with van der Waals surface area (Å²) in [7, 11) is 1.33. The summed E-state index contributed by atoms with van der Waals surface area (Å²) in [5.74, 6) is 0.827. The minimum Gasteiger partial charge on any atom is -0.471 e. The van der Waals surface area contributed by atoms with Gasteiger partial charge in [-0.2, -0.15) is 0 Å². The van der Waals surface area contributed by atoms with Crippen LogP contribution in [-0.2, 0) is 16.1 Å². The third-order valence-corrected chi connectivity index (χ3v) is 6.23. The fourth-order valence-corrected chi connectivity index (χ4v) is 4.34. The Kier molecular flexibility index (Phi) is 6.07. The van der Waals surface area contributed by atoms with Crippen molar-refractivity contribution in [1.82, 2.24) is 24.3 Å². The van der Waals surface area contributed by atoms with Gasteiger partial charge in [0.1, 0.15) is 12.3 Å². The fourth-order valence-electron chi connectivity index (χ4n) is 4.34. The van der Waals surface area contributed by atoms with Crippen LogP contribution < -0.4 is 9.64 Å². The van der Waals surface area contributed by atoms with E-state index < -0.39 is 5.97 Å². The number of esters is 1. The lowest BCUT2D eigenvalue weighted by molar-refractivity contribution is 0.0594. The van der Waals surface area contributed by atoms with E-state index in [9.17, 15) is 4.79 Å². The van der Waals surface area contributed by atoms with Crippen molar-refractivity contribution in [1.29, 1.82) is 0 Å². The summed E-state index contributed by atoms with van der Waals surface area (Å²) in [4.78, 5) is 32.5. The van der Waals surface area contributed by atoms with Crippen LogP contribution in [0.15, 0.2) is 67.1 Å². The summed E-state index contributed by atoms with van der Waals surface area (Å²) in [5, 5.41) is 1.06. The quantitative estimate of drug-likeness (QED) is 0.327. The molecule has 10 nitrogen and oxygen atoms in total. The highest BCUT2D eigenvalue weighted by atomic mass is 16.5. The molecule has 0 bridgehead atoms. The van der Waals surface area contributed by atoms with Crippen LogP contribution in [0, 0.1) is 0 Å². The summed E-state index contributed by atoms with van der Waals surface area (Å²) in [5.41, 5.74) is 4.14. The Morgan fingerprint density at radius 3 is 2.68 bits per heavy atom. The lowest BCUT2D eigenvalue weighted by Gasteiger charge is -2.28. The van der Waals surface area contributed by atoms with E-state index >= 15 is 0 Å². The number of rotatable bonds is 6. The standard InChI is InChI=1S/C27H24N6O4/c1-35-27(34)22-8-6-19(14-28-22)23-15-29-25(32-10-12-36-13-11-32)26-30-20(16-33(23)26)17-37-24-9-7-18-4-2-3-5-21(18)31-24/h2-9,14-16H,10-13,17H2,1H3. The summed E-state index contributed by atoms with van der Waals surface area (Å²) >= 11 is 0. The van der Waals surface area contributed by atoms with Gasteiger partial charge in [0.05, 0.1) is 43.4 Å². The average molecular weight is 497 g/mol. The maximum atomic E-state index is 11.8. The summed E-state index contributed by atoms with van der Waals surface area (Å²) in [6, 6.07) is 15.2. The van der Waals surface area contributed by atoms with Gasteiger partial charge in [0.15, 0.2) is 11.5 Å². The zero-order valence-electron chi connectivity index (χ0n) is 20.2. The second-order valence-electron chi connectivity index (χ2n) is 8.55. The van der Waals surface area contributed by atoms with E-state index in [4.69, 9.17) is 24.2 Å². The van der Waals surface area contributed by atoms with Gasteiger partial charge in [-0.1, -0.05) is 18.2 Å². The third-order valence-electron chi connectivity index (χ3n) is 6.23. The van der Waals surface area contributed by atoms with Crippen molar-refractivity contribution in [3.63, 3.8) is 0 Å². The van der Waals surface area contributed by atoms with Gasteiger partial charge in [-0.25, -0.2) is 24.7 Å². The maximum absolute atomic E-state index is 11.8. The van der Waals surface area contributed by atoms with Crippen LogP contribution in [0.5, 0.6) is 5.88 Å². The molecule has 0 saturated carbocycles. The first-order chi connectivity index (χ1) is 18.2. The van der Waals surface area contributed by atoms with E-state index in [0.29, 0.717) is 24.7 Å². The predicted octanol–water partition coefficient (Wildman–Crippen LogP) is 3.54. The number of morpholine rings is 1. The molecule has 37 heavy (non-hydrogen) atoms. The van der Waals surface area contributed by atoms with Crippen molar-refractivity contribution in [2.45, 2.75) is 6.61 Å². The lowest BCUT2D eigenvalue weighted by Crippen LogP contribution is -2.37. The van der Waals surface area contributed by atoms with Crippen LogP contribution in [0.4, 0.5) is 5.82 Å². The van der Waals surface area contributed by atoms with Gasteiger partial charge in [0, 0.05) is 42.5 Å². The molecule has 1 aliphatic rings. The first-order valence-electron chi connectivity index (χ1n) is 11.9. The molecular formula is C27H24N6O4. The molecule has 0 N–H and O–H groups in total. The molecule has 5 aromatic rings. The molecule has 0 radical (unpaired) electrons. The Morgan fingerprint density at radius 1 is 1.00 bits per heavy atom. The SMILES string of the molecule is COC(=O)c1ccc(-c2cnc(N3CCOCC3)c3nc(COc4ccc5ccccc5n4)cn23)cn1. The van der Waals surface area contributed by atoms with Gasteiger partial charge < -0.3 is 19.1 Å². The van der Waals surface area contributed by atoms with Crippen molar-refractivity contribution in [2.24, 2.45) is 0 Å². The normalized spacial score (nSPS) is 13.7. The van der Waals surface area contributed by atoms with Gasteiger partial charge in [-0.05, 0) is 24.3 Å². The Bertz CT molecular complexity index is 1580. The number of imidazole rings is 1. The third kappa shape index (κ3) is 4.54. The second kappa shape index (κ2) is 9.82. The van der Waals surface area contributed by atoms with Crippen molar-refractivity contribution >= 4 is 28.3 Å². The van der Waals surface area contributed by atoms with Crippen molar-refractivity contribution in [2.75, 3.05) is 38.3 Å². The number of para-hydroxylation sites is 1. The molecule has 0 unspecified atom stereocenters. The highest BCUT2D eigenvalue weighted by Crippen LogP contribution is 2.27. The maximum Gasteiger partial charge on any atom is 0.356 e. The number of nitrogens with zero attached hydrogens (tertiary/aromatic N) is 6. The molecule has 1 aromatic carbocycles. The second-order valence-corrected chi connectivity index (χ2v) is 8.55. The molecule has 0 amide bonds. The Morgan fingerprint density at radius 2 is 1.86 bits per heavy atom. The van der Waals surface area contributed by atoms with Gasteiger partial charge in [0.2, 0.25) is 5.88 Å². The Hall–Kier alpha value is -4.57. The zero-order valence-corrected chi connectivity index (χ0v) is 20.2. The first kappa shape index (κ1) is 22.9. The average Bonchev–Trinajstić information content (AvgIpc) is 3.40. The molecule has 0 spiro atoms. The molecule has 0 aliphatic carbocycles. The monoisotopic (exact) mass is 496 g/mol. The largest absolute Gasteiger partial charge is 0.471 e. The van der Waals surface area contributed by atoms with E-state index in [1.807, 2.05) is 53.1 Å². The van der Waals surface area contributed by atoms with E-state index in [0.717, 1.165) is 46.8 Å². The molecular weight excluding hydrogens is 472 g/mol. The fraction of sp³-hybridized carbons (Fsp3) is 0.222. The van der Waals surface area contributed by atoms with Gasteiger partial charge >= 0.3 is 5.97 Å². The number of fused-ring (bicyclic) bond motifs is 2. The summed E-state index contributed by atoms with van der Waals surface area (Å²) < 4.78 is 18.3. The number of carbonyl (C=O) groups excluding carboxylic acids is 1. The molecule has 5 heterocycles. The highest BCUT2D eigenvalue weighted by Gasteiger charge is 2.20. The topological polar surface area (TPSA) is 104 Å². The minimum atomic E-state index is -0.484. The van der Waals surface area contributed by atoms with Crippen LogP contribution in [0.1, 0.15) is 16.2 Å². The van der Waals surface area contributed by atoms with Crippen molar-refractivity contribution in [3.05, 3.63) is 78.5 Å². The smallest absolute Gasteiger partial charge is 0.356 e. The summed E-state index contributed by atoms with van der Waals surface area (Å²) in [6.07, 6.45) is 5.36. The first-order valence-corrected chi connectivity index (χ1v) is 11.9. The number of methoxy groups -OCH3 is 1. The van der Waals surface area contributed by atoms with E-state index in [1.165, 1.54) is 7.11 Å². The highest BCUT2D eigenvalue weighted by molar-refractivity contribution is 5.87. The van der Waals surface area contributed by atoms with Crippen LogP contribution in [0.2, 0.25) is 0 Å². The van der Waals surface area contributed by atoms with E-state index in [1.54, 1.807) is 18.5 Å². The van der Waals surface area contributed by atoms with Crippen LogP contribution in [0.3, 0.4) is 0 Å². The zero-order chi connectivity index (χ0) is 25.2. The Balaban J connectivity index is 1.35. The van der Waals surface area contributed by atoms with Gasteiger partial charge in [0.25, 0.3) is 0 Å². The van der Waals surface area contributed by atoms with Crippen molar-refractivity contribution in [3.8, 4) is 17.1 Å².